The number of esters is 1. The first kappa shape index (κ1) is 13.2. The second-order valence-corrected chi connectivity index (χ2v) is 3.16. The van der Waals surface area contributed by atoms with Gasteiger partial charge in [-0.15, -0.1) is 0 Å². The molecule has 0 aliphatic rings. The van der Waals surface area contributed by atoms with Gasteiger partial charge in [-0.3, -0.25) is 0 Å². The molecule has 0 radical (unpaired) electrons. The quantitative estimate of drug-likeness (QED) is 0.785. The van der Waals surface area contributed by atoms with Gasteiger partial charge < -0.3 is 9.47 Å². The van der Waals surface area contributed by atoms with Gasteiger partial charge in [0, 0.05) is 0 Å². The van der Waals surface area contributed by atoms with Crippen LogP contribution in [0.15, 0.2) is 12.1 Å². The van der Waals surface area contributed by atoms with Gasteiger partial charge in [0.1, 0.15) is 6.07 Å². The summed E-state index contributed by atoms with van der Waals surface area (Å²) in [6.07, 6.45) is 0. The van der Waals surface area contributed by atoms with E-state index in [0.29, 0.717) is 0 Å². The topological polar surface area (TPSA) is 59.3 Å². The van der Waals surface area contributed by atoms with Gasteiger partial charge in [0.25, 0.3) is 0 Å². The molecule has 0 aliphatic carbocycles. The molecule has 7 heteroatoms. The number of hydrogen-bond donors (Lipinski definition) is 0. The molecule has 0 N–H and O–H groups in total. The van der Waals surface area contributed by atoms with Crippen LogP contribution in [0.1, 0.15) is 15.9 Å². The Balaban J connectivity index is 3.33. The zero-order valence-corrected chi connectivity index (χ0v) is 9.29. The van der Waals surface area contributed by atoms with Crippen molar-refractivity contribution in [1.29, 1.82) is 5.26 Å². The molecule has 0 heterocycles. The highest BCUT2D eigenvalue weighted by Gasteiger charge is 2.20. The van der Waals surface area contributed by atoms with Crippen molar-refractivity contribution in [1.82, 2.24) is 0 Å². The van der Waals surface area contributed by atoms with Gasteiger partial charge in [-0.25, -0.2) is 4.79 Å². The van der Waals surface area contributed by atoms with Crippen LogP contribution in [-0.2, 0) is 4.74 Å². The van der Waals surface area contributed by atoms with Crippen molar-refractivity contribution in [3.8, 4) is 11.8 Å². The minimum atomic E-state index is -3.15. The average molecular weight is 262 g/mol. The van der Waals surface area contributed by atoms with Crippen molar-refractivity contribution < 1.29 is 23.0 Å². The summed E-state index contributed by atoms with van der Waals surface area (Å²) in [5.41, 5.74) is -0.341. The number of nitriles is 1. The molecule has 1 aromatic carbocycles. The molecule has 0 saturated heterocycles. The minimum Gasteiger partial charge on any atom is -0.465 e. The molecular weight excluding hydrogens is 256 g/mol. The molecular formula is C10H6ClF2NO3. The summed E-state index contributed by atoms with van der Waals surface area (Å²) in [4.78, 5) is 11.2. The van der Waals surface area contributed by atoms with E-state index in [1.165, 1.54) is 6.07 Å². The van der Waals surface area contributed by atoms with Crippen LogP contribution in [-0.4, -0.2) is 19.7 Å². The van der Waals surface area contributed by atoms with E-state index in [0.717, 1.165) is 13.2 Å². The largest absolute Gasteiger partial charge is 0.465 e. The molecule has 1 rings (SSSR count). The average Bonchev–Trinajstić information content (AvgIpc) is 2.30. The summed E-state index contributed by atoms with van der Waals surface area (Å²) in [7, 11) is 1.12. The Labute approximate surface area is 100 Å². The monoisotopic (exact) mass is 261 g/mol. The van der Waals surface area contributed by atoms with E-state index in [1.807, 2.05) is 0 Å². The van der Waals surface area contributed by atoms with E-state index < -0.39 is 18.3 Å². The highest BCUT2D eigenvalue weighted by molar-refractivity contribution is 6.35. The molecule has 0 fully saturated rings. The maximum absolute atomic E-state index is 12.1. The van der Waals surface area contributed by atoms with Crippen LogP contribution in [0.25, 0.3) is 0 Å². The Bertz CT molecular complexity index is 485. The lowest BCUT2D eigenvalue weighted by atomic mass is 10.1. The third-order valence-electron chi connectivity index (χ3n) is 1.83. The van der Waals surface area contributed by atoms with Gasteiger partial charge in [-0.05, 0) is 12.1 Å². The lowest BCUT2D eigenvalue weighted by Crippen LogP contribution is -2.08. The fraction of sp³-hybridized carbons (Fsp3) is 0.200. The second kappa shape index (κ2) is 5.46. The lowest BCUT2D eigenvalue weighted by molar-refractivity contribution is -0.0500. The van der Waals surface area contributed by atoms with Gasteiger partial charge in [0.2, 0.25) is 0 Å². The van der Waals surface area contributed by atoms with E-state index in [9.17, 15) is 13.6 Å². The maximum atomic E-state index is 12.1. The number of halogens is 3. The second-order valence-electron chi connectivity index (χ2n) is 2.79. The van der Waals surface area contributed by atoms with Crippen molar-refractivity contribution >= 4 is 17.6 Å². The highest BCUT2D eigenvalue weighted by atomic mass is 35.5. The van der Waals surface area contributed by atoms with Gasteiger partial charge in [0.15, 0.2) is 5.75 Å². The number of benzene rings is 1. The van der Waals surface area contributed by atoms with E-state index >= 15 is 0 Å². The fourth-order valence-corrected chi connectivity index (χ4v) is 1.40. The zero-order chi connectivity index (χ0) is 13.0. The number of rotatable bonds is 3. The molecule has 0 saturated carbocycles. The number of hydrogen-bond acceptors (Lipinski definition) is 4. The Kier molecular flexibility index (Phi) is 4.24. The number of carbonyl (C=O) groups excluding carboxylic acids is 1. The van der Waals surface area contributed by atoms with Gasteiger partial charge in [0.05, 0.1) is 23.3 Å². The normalized spacial score (nSPS) is 9.88. The van der Waals surface area contributed by atoms with Crippen molar-refractivity contribution in [3.63, 3.8) is 0 Å². The van der Waals surface area contributed by atoms with Crippen molar-refractivity contribution in [2.45, 2.75) is 6.61 Å². The van der Waals surface area contributed by atoms with Crippen LogP contribution in [0.4, 0.5) is 8.78 Å². The van der Waals surface area contributed by atoms with Crippen molar-refractivity contribution in [2.24, 2.45) is 0 Å². The fourth-order valence-electron chi connectivity index (χ4n) is 1.12. The number of methoxy groups -OCH3 is 1. The number of ether oxygens (including phenoxy) is 2. The summed E-state index contributed by atoms with van der Waals surface area (Å²) in [6, 6.07) is 3.98. The summed E-state index contributed by atoms with van der Waals surface area (Å²) in [5.74, 6) is -1.34. The summed E-state index contributed by atoms with van der Waals surface area (Å²) >= 11 is 5.70. The Morgan fingerprint density at radius 3 is 2.65 bits per heavy atom. The van der Waals surface area contributed by atoms with Crippen LogP contribution >= 0.6 is 11.6 Å². The molecule has 0 bridgehead atoms. The van der Waals surface area contributed by atoms with Gasteiger partial charge in [-0.2, -0.15) is 14.0 Å². The molecule has 0 amide bonds. The predicted octanol–water partition coefficient (Wildman–Crippen LogP) is 2.60. The summed E-state index contributed by atoms with van der Waals surface area (Å²) in [5, 5.41) is 8.31. The minimum absolute atomic E-state index is 0.149. The molecule has 0 aromatic heterocycles. The van der Waals surface area contributed by atoms with Crippen LogP contribution in [0, 0.1) is 11.3 Å². The van der Waals surface area contributed by atoms with Crippen molar-refractivity contribution in [3.05, 3.63) is 28.3 Å². The number of nitrogens with zero attached hydrogens (tertiary/aromatic N) is 1. The van der Waals surface area contributed by atoms with E-state index in [2.05, 4.69) is 9.47 Å². The lowest BCUT2D eigenvalue weighted by Gasteiger charge is -2.10. The predicted molar refractivity (Wildman–Crippen MR) is 54.1 cm³/mol. The van der Waals surface area contributed by atoms with Gasteiger partial charge >= 0.3 is 12.6 Å². The Morgan fingerprint density at radius 1 is 1.53 bits per heavy atom. The first-order valence-electron chi connectivity index (χ1n) is 4.27. The molecule has 1 aromatic rings. The third-order valence-corrected chi connectivity index (χ3v) is 2.21. The Hall–Kier alpha value is -1.87. The molecule has 17 heavy (non-hydrogen) atoms. The first-order chi connectivity index (χ1) is 8.01. The summed E-state index contributed by atoms with van der Waals surface area (Å²) < 4.78 is 32.8. The molecule has 0 unspecified atom stereocenters. The SMILES string of the molecule is COC(=O)c1ccc(C#N)c(OC(F)F)c1Cl. The molecule has 0 spiro atoms. The maximum Gasteiger partial charge on any atom is 0.387 e. The summed E-state index contributed by atoms with van der Waals surface area (Å²) in [6.45, 7) is -3.15. The standard InChI is InChI=1S/C10H6ClF2NO3/c1-16-9(15)6-3-2-5(4-14)8(7(6)11)17-10(12)13/h2-3,10H,1H3. The van der Waals surface area contributed by atoms with Crippen molar-refractivity contribution in [2.75, 3.05) is 7.11 Å². The van der Waals surface area contributed by atoms with E-state index in [1.54, 1.807) is 6.07 Å². The highest BCUT2D eigenvalue weighted by Crippen LogP contribution is 2.33. The van der Waals surface area contributed by atoms with Crippen LogP contribution < -0.4 is 4.74 Å². The molecule has 0 atom stereocenters. The first-order valence-corrected chi connectivity index (χ1v) is 4.64. The third kappa shape index (κ3) is 2.82. The van der Waals surface area contributed by atoms with E-state index in [-0.39, 0.29) is 16.1 Å². The zero-order valence-electron chi connectivity index (χ0n) is 8.54. The van der Waals surface area contributed by atoms with E-state index in [4.69, 9.17) is 16.9 Å². The van der Waals surface area contributed by atoms with Crippen LogP contribution in [0.2, 0.25) is 5.02 Å². The van der Waals surface area contributed by atoms with Crippen LogP contribution in [0.5, 0.6) is 5.75 Å². The smallest absolute Gasteiger partial charge is 0.387 e. The molecule has 4 nitrogen and oxygen atoms in total. The number of alkyl halides is 2. The molecule has 0 aliphatic heterocycles. The molecule has 90 valence electrons. The van der Waals surface area contributed by atoms with Gasteiger partial charge in [-0.1, -0.05) is 11.6 Å². The Morgan fingerprint density at radius 2 is 2.18 bits per heavy atom. The van der Waals surface area contributed by atoms with Crippen LogP contribution in [0.3, 0.4) is 0 Å². The number of carbonyl (C=O) groups is 1.